The molecule has 0 fully saturated rings. The predicted molar refractivity (Wildman–Crippen MR) is 113 cm³/mol. The molecule has 0 aliphatic heterocycles. The quantitative estimate of drug-likeness (QED) is 0.487. The molecule has 0 spiro atoms. The molecule has 2 aromatic carbocycles. The first-order chi connectivity index (χ1) is 12.5. The van der Waals surface area contributed by atoms with Gasteiger partial charge in [0.1, 0.15) is 5.75 Å². The van der Waals surface area contributed by atoms with Crippen LogP contribution in [0.15, 0.2) is 46.9 Å². The Morgan fingerprint density at radius 3 is 2.58 bits per heavy atom. The van der Waals surface area contributed by atoms with Crippen molar-refractivity contribution in [2.75, 3.05) is 6.61 Å². The number of aryl methyl sites for hydroxylation is 1. The van der Waals surface area contributed by atoms with E-state index in [2.05, 4.69) is 33.5 Å². The average Bonchev–Trinajstić information content (AvgIpc) is 2.62. The molecule has 0 aromatic heterocycles. The second kappa shape index (κ2) is 10.3. The monoisotopic (exact) mass is 434 g/mol. The van der Waals surface area contributed by atoms with Crippen LogP contribution in [0.1, 0.15) is 41.3 Å². The van der Waals surface area contributed by atoms with E-state index in [1.807, 2.05) is 31.2 Å². The minimum Gasteiger partial charge on any atom is -0.492 e. The van der Waals surface area contributed by atoms with Crippen LogP contribution in [0.2, 0.25) is 0 Å². The van der Waals surface area contributed by atoms with Crippen LogP contribution in [-0.2, 0) is 6.54 Å². The number of unbranched alkanes of at least 4 members (excludes halogenated alkanes) is 1. The summed E-state index contributed by atoms with van der Waals surface area (Å²) in [5.41, 5.74) is 2.82. The maximum absolute atomic E-state index is 12.3. The Balaban J connectivity index is 1.87. The van der Waals surface area contributed by atoms with Crippen LogP contribution in [0.25, 0.3) is 0 Å². The number of hydrogen-bond acceptors (Lipinski definition) is 3. The van der Waals surface area contributed by atoms with Gasteiger partial charge < -0.3 is 10.1 Å². The first-order valence-corrected chi connectivity index (χ1v) is 9.76. The molecule has 138 valence electrons. The number of ether oxygens (including phenoxy) is 1. The fourth-order valence-corrected chi connectivity index (χ4v) is 2.85. The predicted octanol–water partition coefficient (Wildman–Crippen LogP) is 4.74. The second-order valence-corrected chi connectivity index (χ2v) is 7.23. The summed E-state index contributed by atoms with van der Waals surface area (Å²) in [6.45, 7) is 5.38. The van der Waals surface area contributed by atoms with Gasteiger partial charge in [-0.1, -0.05) is 43.2 Å². The highest BCUT2D eigenvalue weighted by atomic mass is 79.9. The number of carbonyl (C=O) groups excluding carboxylic acids is 1. The molecule has 26 heavy (non-hydrogen) atoms. The van der Waals surface area contributed by atoms with E-state index in [1.165, 1.54) is 5.56 Å². The van der Waals surface area contributed by atoms with Gasteiger partial charge in [0, 0.05) is 12.1 Å². The number of benzene rings is 2. The molecule has 0 unspecified atom stereocenters. The van der Waals surface area contributed by atoms with E-state index in [0.29, 0.717) is 23.8 Å². The van der Waals surface area contributed by atoms with Crippen LogP contribution in [0.3, 0.4) is 0 Å². The Bertz CT molecular complexity index is 763. The molecule has 1 amide bonds. The molecular weight excluding hydrogens is 412 g/mol. The van der Waals surface area contributed by atoms with Gasteiger partial charge in [-0.3, -0.25) is 10.1 Å². The molecule has 0 heterocycles. The van der Waals surface area contributed by atoms with Crippen LogP contribution >= 0.6 is 28.1 Å². The highest BCUT2D eigenvalue weighted by Gasteiger charge is 2.11. The summed E-state index contributed by atoms with van der Waals surface area (Å²) in [6, 6.07) is 13.4. The number of halogens is 1. The van der Waals surface area contributed by atoms with Crippen LogP contribution < -0.4 is 15.4 Å². The Labute approximate surface area is 168 Å². The lowest BCUT2D eigenvalue weighted by Gasteiger charge is -2.11. The third-order valence-corrected chi connectivity index (χ3v) is 4.62. The van der Waals surface area contributed by atoms with Gasteiger partial charge in [0.2, 0.25) is 0 Å². The van der Waals surface area contributed by atoms with Gasteiger partial charge in [-0.05, 0) is 65.3 Å². The standard InChI is InChI=1S/C20H23BrN2O2S/c1-3-4-11-25-18-10-9-16(12-17(18)21)19(24)23-20(26)22-13-15-7-5-14(2)6-8-15/h5-10,12H,3-4,11,13H2,1-2H3,(H2,22,23,24,26). The fourth-order valence-electron chi connectivity index (χ4n) is 2.19. The first-order valence-electron chi connectivity index (χ1n) is 8.56. The summed E-state index contributed by atoms with van der Waals surface area (Å²) in [6.07, 6.45) is 2.07. The van der Waals surface area contributed by atoms with E-state index >= 15 is 0 Å². The number of carbonyl (C=O) groups is 1. The third kappa shape index (κ3) is 6.42. The smallest absolute Gasteiger partial charge is 0.257 e. The number of hydrogen-bond donors (Lipinski definition) is 2. The molecule has 2 aromatic rings. The largest absolute Gasteiger partial charge is 0.492 e. The normalized spacial score (nSPS) is 10.3. The van der Waals surface area contributed by atoms with Gasteiger partial charge in [-0.25, -0.2) is 0 Å². The van der Waals surface area contributed by atoms with E-state index < -0.39 is 0 Å². The summed E-state index contributed by atoms with van der Waals surface area (Å²) in [5, 5.41) is 6.04. The van der Waals surface area contributed by atoms with E-state index in [-0.39, 0.29) is 5.91 Å². The number of thiocarbonyl (C=S) groups is 1. The lowest BCUT2D eigenvalue weighted by Crippen LogP contribution is -2.38. The van der Waals surface area contributed by atoms with Crippen molar-refractivity contribution in [3.8, 4) is 5.75 Å². The molecule has 0 radical (unpaired) electrons. The van der Waals surface area contributed by atoms with Crippen molar-refractivity contribution in [1.29, 1.82) is 0 Å². The van der Waals surface area contributed by atoms with Crippen molar-refractivity contribution in [3.05, 3.63) is 63.6 Å². The van der Waals surface area contributed by atoms with Gasteiger partial charge in [0.05, 0.1) is 11.1 Å². The molecule has 0 saturated heterocycles. The molecule has 6 heteroatoms. The Morgan fingerprint density at radius 2 is 1.92 bits per heavy atom. The van der Waals surface area contributed by atoms with Gasteiger partial charge in [-0.2, -0.15) is 0 Å². The lowest BCUT2D eigenvalue weighted by atomic mass is 10.1. The van der Waals surface area contributed by atoms with Crippen LogP contribution in [0.5, 0.6) is 5.75 Å². The minimum atomic E-state index is -0.257. The summed E-state index contributed by atoms with van der Waals surface area (Å²) >= 11 is 8.65. The summed E-state index contributed by atoms with van der Waals surface area (Å²) in [5.74, 6) is 0.474. The molecule has 2 N–H and O–H groups in total. The zero-order chi connectivity index (χ0) is 18.9. The average molecular weight is 435 g/mol. The van der Waals surface area contributed by atoms with Gasteiger partial charge in [0.25, 0.3) is 5.91 Å². The van der Waals surface area contributed by atoms with E-state index in [0.717, 1.165) is 28.6 Å². The highest BCUT2D eigenvalue weighted by molar-refractivity contribution is 9.10. The Hall–Kier alpha value is -1.92. The maximum Gasteiger partial charge on any atom is 0.257 e. The van der Waals surface area contributed by atoms with Crippen molar-refractivity contribution in [1.82, 2.24) is 10.6 Å². The molecule has 0 aliphatic carbocycles. The highest BCUT2D eigenvalue weighted by Crippen LogP contribution is 2.26. The molecule has 2 rings (SSSR count). The molecule has 4 nitrogen and oxygen atoms in total. The summed E-state index contributed by atoms with van der Waals surface area (Å²) in [7, 11) is 0. The Kier molecular flexibility index (Phi) is 8.06. The first kappa shape index (κ1) is 20.4. The van der Waals surface area contributed by atoms with Crippen molar-refractivity contribution in [2.24, 2.45) is 0 Å². The van der Waals surface area contributed by atoms with Crippen LogP contribution in [0, 0.1) is 6.92 Å². The van der Waals surface area contributed by atoms with Crippen LogP contribution in [0.4, 0.5) is 0 Å². The van der Waals surface area contributed by atoms with Gasteiger partial charge >= 0.3 is 0 Å². The molecule has 0 atom stereocenters. The summed E-state index contributed by atoms with van der Waals surface area (Å²) < 4.78 is 6.42. The fraction of sp³-hybridized carbons (Fsp3) is 0.300. The number of rotatable bonds is 7. The van der Waals surface area contributed by atoms with E-state index in [4.69, 9.17) is 17.0 Å². The molecule has 0 saturated carbocycles. The molecule has 0 aliphatic rings. The molecule has 0 bridgehead atoms. The number of amides is 1. The van der Waals surface area contributed by atoms with Gasteiger partial charge in [0.15, 0.2) is 5.11 Å². The summed E-state index contributed by atoms with van der Waals surface area (Å²) in [4.78, 5) is 12.3. The molecular formula is C20H23BrN2O2S. The number of nitrogens with one attached hydrogen (secondary N) is 2. The zero-order valence-electron chi connectivity index (χ0n) is 15.0. The second-order valence-electron chi connectivity index (χ2n) is 5.97. The Morgan fingerprint density at radius 1 is 1.19 bits per heavy atom. The van der Waals surface area contributed by atoms with Crippen molar-refractivity contribution in [3.63, 3.8) is 0 Å². The van der Waals surface area contributed by atoms with E-state index in [9.17, 15) is 4.79 Å². The van der Waals surface area contributed by atoms with Crippen LogP contribution in [-0.4, -0.2) is 17.6 Å². The third-order valence-electron chi connectivity index (χ3n) is 3.75. The maximum atomic E-state index is 12.3. The topological polar surface area (TPSA) is 50.4 Å². The van der Waals surface area contributed by atoms with Crippen molar-refractivity contribution >= 4 is 39.2 Å². The zero-order valence-corrected chi connectivity index (χ0v) is 17.4. The van der Waals surface area contributed by atoms with Crippen molar-refractivity contribution in [2.45, 2.75) is 33.2 Å². The lowest BCUT2D eigenvalue weighted by molar-refractivity contribution is 0.0976. The van der Waals surface area contributed by atoms with Crippen molar-refractivity contribution < 1.29 is 9.53 Å². The van der Waals surface area contributed by atoms with E-state index in [1.54, 1.807) is 18.2 Å². The SMILES string of the molecule is CCCCOc1ccc(C(=O)NC(=S)NCc2ccc(C)cc2)cc1Br. The van der Waals surface area contributed by atoms with Gasteiger partial charge in [-0.15, -0.1) is 0 Å². The minimum absolute atomic E-state index is 0.257.